The van der Waals surface area contributed by atoms with E-state index in [1.54, 1.807) is 6.33 Å². The van der Waals surface area contributed by atoms with Crippen molar-refractivity contribution in [2.24, 2.45) is 0 Å². The normalized spacial score (nSPS) is 12.1. The molecule has 132 valence electrons. The third kappa shape index (κ3) is 4.84. The van der Waals surface area contributed by atoms with Gasteiger partial charge in [-0.2, -0.15) is 0 Å². The van der Waals surface area contributed by atoms with Gasteiger partial charge in [-0.25, -0.2) is 0 Å². The molecule has 0 amide bonds. The Kier molecular flexibility index (Phi) is 8.27. The van der Waals surface area contributed by atoms with Crippen molar-refractivity contribution < 1.29 is 4.79 Å². The quantitative estimate of drug-likeness (QED) is 0.324. The molecule has 0 spiro atoms. The van der Waals surface area contributed by atoms with Crippen molar-refractivity contribution in [2.45, 2.75) is 82.0 Å². The first kappa shape index (κ1) is 20.0. The molecule has 0 saturated carbocycles. The Morgan fingerprint density at radius 1 is 1.12 bits per heavy atom. The van der Waals surface area contributed by atoms with Crippen LogP contribution in [0.5, 0.6) is 0 Å². The van der Waals surface area contributed by atoms with Crippen LogP contribution < -0.4 is 2.89 Å². The van der Waals surface area contributed by atoms with Crippen LogP contribution in [-0.2, 0) is 0 Å². The van der Waals surface area contributed by atoms with Crippen LogP contribution in [0.2, 0.25) is 3.43 Å². The molecule has 0 aliphatic carbocycles. The minimum atomic E-state index is -0.843. The molecule has 0 unspecified atom stereocenters. The van der Waals surface area contributed by atoms with Crippen molar-refractivity contribution in [3.8, 4) is 0 Å². The molecule has 2 aromatic rings. The third-order valence-electron chi connectivity index (χ3n) is 4.82. The standard InChI is InChI=1S/C13H27.C6H3N2OS.Sn/c1-4-7-10-13(11-8-5-2)12-9-6-3;9-2-5-3-10-6-1-7-4-8(5)6;/h4-12H2,1-3H3;1-2,4H;. The van der Waals surface area contributed by atoms with Crippen LogP contribution >= 0.6 is 11.3 Å². The fourth-order valence-electron chi connectivity index (χ4n) is 3.35. The van der Waals surface area contributed by atoms with Gasteiger partial charge in [-0.05, 0) is 0 Å². The summed E-state index contributed by atoms with van der Waals surface area (Å²) in [5, 5.41) is 0. The van der Waals surface area contributed by atoms with Gasteiger partial charge in [0, 0.05) is 0 Å². The average Bonchev–Trinajstić information content (AvgIpc) is 3.16. The van der Waals surface area contributed by atoms with Crippen molar-refractivity contribution in [3.63, 3.8) is 0 Å². The summed E-state index contributed by atoms with van der Waals surface area (Å²) < 4.78 is 3.95. The molecular weight excluding hydrogens is 423 g/mol. The second-order valence-corrected chi connectivity index (χ2v) is 14.0. The number of rotatable bonds is 12. The van der Waals surface area contributed by atoms with E-state index in [0.29, 0.717) is 3.43 Å². The first-order valence-electron chi connectivity index (χ1n) is 9.38. The second kappa shape index (κ2) is 9.95. The summed E-state index contributed by atoms with van der Waals surface area (Å²) in [4.78, 5) is 17.0. The van der Waals surface area contributed by atoms with Gasteiger partial charge in [-0.1, -0.05) is 0 Å². The molecule has 0 bridgehead atoms. The molecule has 0 aromatic carbocycles. The Balaban J connectivity index is 2.31. The number of hydrogen-bond donors (Lipinski definition) is 0. The van der Waals surface area contributed by atoms with Crippen molar-refractivity contribution >= 4 is 46.5 Å². The molecule has 0 fully saturated rings. The third-order valence-corrected chi connectivity index (χ3v) is 12.3. The number of unbranched alkanes of at least 4 members (excludes halogenated alkanes) is 3. The molecule has 0 aliphatic heterocycles. The zero-order valence-electron chi connectivity index (χ0n) is 15.3. The van der Waals surface area contributed by atoms with Crippen LogP contribution in [0, 0.1) is 0 Å². The fraction of sp³-hybridized carbons (Fsp3) is 0.684. The summed E-state index contributed by atoms with van der Waals surface area (Å²) >= 11 is 0.985. The van der Waals surface area contributed by atoms with Crippen molar-refractivity contribution in [1.29, 1.82) is 0 Å². The molecule has 2 rings (SSSR count). The number of carbonyl (C=O) groups excluding carboxylic acids is 1. The van der Waals surface area contributed by atoms with Crippen molar-refractivity contribution in [2.75, 3.05) is 0 Å². The summed E-state index contributed by atoms with van der Waals surface area (Å²) in [5.74, 6) is 0. The predicted octanol–water partition coefficient (Wildman–Crippen LogP) is 5.27. The van der Waals surface area contributed by atoms with Crippen molar-refractivity contribution in [1.82, 2.24) is 9.38 Å². The van der Waals surface area contributed by atoms with E-state index in [-0.39, 0.29) is 0 Å². The number of imidazole rings is 1. The van der Waals surface area contributed by atoms with Gasteiger partial charge in [0.15, 0.2) is 0 Å². The van der Waals surface area contributed by atoms with Crippen LogP contribution in [0.25, 0.3) is 4.83 Å². The maximum atomic E-state index is 11.7. The maximum absolute atomic E-state index is 11.7. The summed E-state index contributed by atoms with van der Waals surface area (Å²) in [6, 6.07) is 0. The van der Waals surface area contributed by atoms with Crippen LogP contribution in [0.1, 0.15) is 89.0 Å². The molecular formula is C19H30N2OSSn. The van der Waals surface area contributed by atoms with E-state index < -0.39 is 21.1 Å². The minimum absolute atomic E-state index is 0.527. The number of aldehydes is 1. The summed E-state index contributed by atoms with van der Waals surface area (Å²) in [6.07, 6.45) is 16.6. The molecule has 0 aliphatic rings. The number of thiazole rings is 1. The van der Waals surface area contributed by atoms with E-state index in [1.807, 2.05) is 21.9 Å². The van der Waals surface area contributed by atoms with Gasteiger partial charge in [0.1, 0.15) is 0 Å². The van der Waals surface area contributed by atoms with Gasteiger partial charge in [-0.15, -0.1) is 0 Å². The van der Waals surface area contributed by atoms with Gasteiger partial charge in [0.2, 0.25) is 0 Å². The Morgan fingerprint density at radius 3 is 2.21 bits per heavy atom. The van der Waals surface area contributed by atoms with E-state index >= 15 is 0 Å². The molecule has 2 heterocycles. The molecule has 24 heavy (non-hydrogen) atoms. The Bertz CT molecular complexity index is 613. The van der Waals surface area contributed by atoms with Crippen LogP contribution in [0.4, 0.5) is 0 Å². The number of fused-ring (bicyclic) bond motifs is 1. The second-order valence-electron chi connectivity index (χ2n) is 6.75. The van der Waals surface area contributed by atoms with Crippen molar-refractivity contribution in [3.05, 3.63) is 18.2 Å². The number of aromatic nitrogens is 2. The molecule has 3 nitrogen and oxygen atoms in total. The van der Waals surface area contributed by atoms with Gasteiger partial charge in [0.05, 0.1) is 0 Å². The van der Waals surface area contributed by atoms with E-state index in [0.717, 1.165) is 16.8 Å². The predicted molar refractivity (Wildman–Crippen MR) is 105 cm³/mol. The first-order valence-corrected chi connectivity index (χ1v) is 13.0. The monoisotopic (exact) mass is 454 g/mol. The number of hydrogen-bond acceptors (Lipinski definition) is 3. The Hall–Kier alpha value is -0.361. The van der Waals surface area contributed by atoms with Gasteiger partial charge >= 0.3 is 161 Å². The van der Waals surface area contributed by atoms with Crippen LogP contribution in [0.3, 0.4) is 0 Å². The zero-order chi connectivity index (χ0) is 17.4. The summed E-state index contributed by atoms with van der Waals surface area (Å²) in [7, 11) is 0. The molecule has 0 saturated heterocycles. The van der Waals surface area contributed by atoms with Gasteiger partial charge in [-0.3, -0.25) is 0 Å². The number of nitrogens with zero attached hydrogens (tertiary/aromatic N) is 2. The summed E-state index contributed by atoms with van der Waals surface area (Å²) in [6.45, 7) is 6.90. The molecule has 0 atom stereocenters. The van der Waals surface area contributed by atoms with Gasteiger partial charge in [0.25, 0.3) is 0 Å². The molecule has 5 heteroatoms. The van der Waals surface area contributed by atoms with E-state index in [9.17, 15) is 4.79 Å². The van der Waals surface area contributed by atoms with E-state index in [4.69, 9.17) is 0 Å². The Morgan fingerprint density at radius 2 is 1.71 bits per heavy atom. The zero-order valence-corrected chi connectivity index (χ0v) is 19.0. The van der Waals surface area contributed by atoms with Gasteiger partial charge < -0.3 is 0 Å². The number of carbonyl (C=O) groups is 1. The first-order chi connectivity index (χ1) is 11.7. The van der Waals surface area contributed by atoms with E-state index in [2.05, 4.69) is 25.8 Å². The topological polar surface area (TPSA) is 34.4 Å². The molecule has 2 radical (unpaired) electrons. The van der Waals surface area contributed by atoms with Crippen LogP contribution in [-0.4, -0.2) is 36.8 Å². The fourth-order valence-corrected chi connectivity index (χ4v) is 11.8. The Labute approximate surface area is 160 Å². The van der Waals surface area contributed by atoms with E-state index in [1.165, 1.54) is 60.7 Å². The van der Waals surface area contributed by atoms with Crippen LogP contribution in [0.15, 0.2) is 12.5 Å². The summed E-state index contributed by atoms with van der Waals surface area (Å²) in [5.41, 5.74) is 0.896. The molecule has 2 aromatic heterocycles. The average molecular weight is 453 g/mol. The SMILES string of the molecule is CCCC[C](CCCC)(CCCC)[Sn][c]1sc2cncn2c1C=O. The molecule has 0 N–H and O–H groups in total.